The van der Waals surface area contributed by atoms with E-state index in [1.165, 1.54) is 302 Å². The first-order valence-corrected chi connectivity index (χ1v) is 31.7. The highest BCUT2D eigenvalue weighted by atomic mass is 16.3. The van der Waals surface area contributed by atoms with E-state index in [0.717, 1.165) is 32.1 Å². The summed E-state index contributed by atoms with van der Waals surface area (Å²) < 4.78 is 0. The number of amides is 1. The maximum Gasteiger partial charge on any atom is 0.220 e. The van der Waals surface area contributed by atoms with Gasteiger partial charge in [-0.15, -0.1) is 0 Å². The van der Waals surface area contributed by atoms with Gasteiger partial charge in [-0.25, -0.2) is 0 Å². The van der Waals surface area contributed by atoms with E-state index in [1.807, 2.05) is 6.08 Å². The molecule has 2 unspecified atom stereocenters. The lowest BCUT2D eigenvalue weighted by Crippen LogP contribution is -2.45. The first-order chi connectivity index (χ1) is 34.2. The van der Waals surface area contributed by atoms with E-state index in [9.17, 15) is 15.0 Å². The normalized spacial score (nSPS) is 12.9. The van der Waals surface area contributed by atoms with E-state index in [0.29, 0.717) is 6.42 Å². The molecule has 3 N–H and O–H groups in total. The average molecular weight is 969 g/mol. The number of aliphatic hydroxyl groups excluding tert-OH is 2. The van der Waals surface area contributed by atoms with E-state index < -0.39 is 12.1 Å². The van der Waals surface area contributed by atoms with Crippen LogP contribution in [-0.4, -0.2) is 34.9 Å². The fourth-order valence-corrected chi connectivity index (χ4v) is 10.0. The number of carbonyl (C=O) groups is 1. The van der Waals surface area contributed by atoms with Gasteiger partial charge in [0.25, 0.3) is 0 Å². The molecule has 0 rings (SSSR count). The fourth-order valence-electron chi connectivity index (χ4n) is 10.0. The Morgan fingerprint density at radius 1 is 0.333 bits per heavy atom. The molecule has 69 heavy (non-hydrogen) atoms. The molecule has 408 valence electrons. The predicted molar refractivity (Wildman–Crippen MR) is 308 cm³/mol. The Balaban J connectivity index is 3.42. The molecule has 0 aliphatic carbocycles. The van der Waals surface area contributed by atoms with Gasteiger partial charge in [0.15, 0.2) is 0 Å². The van der Waals surface area contributed by atoms with Crippen molar-refractivity contribution < 1.29 is 15.0 Å². The molecule has 0 saturated carbocycles. The summed E-state index contributed by atoms with van der Waals surface area (Å²) in [6.45, 7) is 4.33. The summed E-state index contributed by atoms with van der Waals surface area (Å²) >= 11 is 0. The molecular formula is C65H125NO3. The molecule has 2 atom stereocenters. The average Bonchev–Trinajstić information content (AvgIpc) is 3.35. The van der Waals surface area contributed by atoms with Crippen molar-refractivity contribution in [1.29, 1.82) is 0 Å². The quantitative estimate of drug-likeness (QED) is 0.0420. The van der Waals surface area contributed by atoms with Gasteiger partial charge in [-0.1, -0.05) is 326 Å². The minimum Gasteiger partial charge on any atom is -0.394 e. The van der Waals surface area contributed by atoms with Gasteiger partial charge in [0.05, 0.1) is 18.8 Å². The topological polar surface area (TPSA) is 69.6 Å². The SMILES string of the molecule is CCCCCCCCCC/C=C\CCCCCCCCCCCCCCCCCCCCCCCCCCCC(=O)NC(CO)C(O)/C=C/CC/C=C/CCCCCCCCCCCCCCCC. The first-order valence-electron chi connectivity index (χ1n) is 31.7. The van der Waals surface area contributed by atoms with Gasteiger partial charge < -0.3 is 15.5 Å². The third kappa shape index (κ3) is 57.4. The van der Waals surface area contributed by atoms with Crippen molar-refractivity contribution in [3.8, 4) is 0 Å². The Labute approximate surface area is 433 Å². The molecule has 0 aliphatic rings. The molecule has 0 radical (unpaired) electrons. The van der Waals surface area contributed by atoms with E-state index in [2.05, 4.69) is 43.5 Å². The number of nitrogens with one attached hydrogen (secondary N) is 1. The third-order valence-corrected chi connectivity index (χ3v) is 14.8. The molecule has 0 bridgehead atoms. The van der Waals surface area contributed by atoms with Crippen LogP contribution in [0.25, 0.3) is 0 Å². The zero-order valence-corrected chi connectivity index (χ0v) is 47.1. The summed E-state index contributed by atoms with van der Waals surface area (Å²) in [7, 11) is 0. The third-order valence-electron chi connectivity index (χ3n) is 14.8. The summed E-state index contributed by atoms with van der Waals surface area (Å²) in [5.41, 5.74) is 0. The highest BCUT2D eigenvalue weighted by molar-refractivity contribution is 5.76. The van der Waals surface area contributed by atoms with E-state index in [-0.39, 0.29) is 12.5 Å². The van der Waals surface area contributed by atoms with Crippen LogP contribution in [0.4, 0.5) is 0 Å². The van der Waals surface area contributed by atoms with Gasteiger partial charge in [0.2, 0.25) is 5.91 Å². The minimum absolute atomic E-state index is 0.0667. The van der Waals surface area contributed by atoms with E-state index >= 15 is 0 Å². The van der Waals surface area contributed by atoms with Gasteiger partial charge in [0, 0.05) is 6.42 Å². The summed E-state index contributed by atoms with van der Waals surface area (Å²) in [4.78, 5) is 12.5. The maximum atomic E-state index is 12.5. The number of aliphatic hydroxyl groups is 2. The molecule has 4 heteroatoms. The summed E-state index contributed by atoms with van der Waals surface area (Å²) in [6, 6.07) is -0.638. The highest BCUT2D eigenvalue weighted by Crippen LogP contribution is 2.18. The second-order valence-corrected chi connectivity index (χ2v) is 21.8. The van der Waals surface area contributed by atoms with Crippen LogP contribution in [0.5, 0.6) is 0 Å². The van der Waals surface area contributed by atoms with Crippen molar-refractivity contribution in [1.82, 2.24) is 5.32 Å². The molecule has 0 spiro atoms. The summed E-state index contributed by atoms with van der Waals surface area (Å²) in [6.07, 6.45) is 83.5. The Morgan fingerprint density at radius 2 is 0.565 bits per heavy atom. The van der Waals surface area contributed by atoms with Gasteiger partial charge in [0.1, 0.15) is 0 Å². The number of carbonyl (C=O) groups excluding carboxylic acids is 1. The molecule has 0 aromatic carbocycles. The fraction of sp³-hybridized carbons (Fsp3) is 0.892. The van der Waals surface area contributed by atoms with Crippen LogP contribution in [0.15, 0.2) is 36.5 Å². The van der Waals surface area contributed by atoms with Crippen LogP contribution in [0.2, 0.25) is 0 Å². The second kappa shape index (κ2) is 60.9. The van der Waals surface area contributed by atoms with Crippen molar-refractivity contribution in [3.05, 3.63) is 36.5 Å². The maximum absolute atomic E-state index is 12.5. The summed E-state index contributed by atoms with van der Waals surface area (Å²) in [5, 5.41) is 23.2. The van der Waals surface area contributed by atoms with Crippen molar-refractivity contribution in [2.75, 3.05) is 6.61 Å². The van der Waals surface area contributed by atoms with Gasteiger partial charge >= 0.3 is 0 Å². The van der Waals surface area contributed by atoms with Crippen molar-refractivity contribution >= 4 is 5.91 Å². The Hall–Kier alpha value is -1.39. The lowest BCUT2D eigenvalue weighted by atomic mass is 10.0. The minimum atomic E-state index is -0.861. The summed E-state index contributed by atoms with van der Waals surface area (Å²) in [5.74, 6) is -0.0667. The van der Waals surface area contributed by atoms with Crippen molar-refractivity contribution in [2.45, 2.75) is 366 Å². The molecule has 0 aromatic rings. The van der Waals surface area contributed by atoms with Crippen LogP contribution in [0, 0.1) is 0 Å². The highest BCUT2D eigenvalue weighted by Gasteiger charge is 2.18. The largest absolute Gasteiger partial charge is 0.394 e. The molecule has 0 fully saturated rings. The Kier molecular flexibility index (Phi) is 59.7. The zero-order valence-electron chi connectivity index (χ0n) is 47.1. The Morgan fingerprint density at radius 3 is 0.841 bits per heavy atom. The van der Waals surface area contributed by atoms with Crippen LogP contribution in [0.3, 0.4) is 0 Å². The number of hydrogen-bond donors (Lipinski definition) is 3. The zero-order chi connectivity index (χ0) is 49.9. The van der Waals surface area contributed by atoms with Crippen LogP contribution < -0.4 is 5.32 Å². The van der Waals surface area contributed by atoms with Crippen molar-refractivity contribution in [3.63, 3.8) is 0 Å². The van der Waals surface area contributed by atoms with Crippen LogP contribution in [-0.2, 0) is 4.79 Å². The molecular weight excluding hydrogens is 843 g/mol. The second-order valence-electron chi connectivity index (χ2n) is 21.8. The predicted octanol–water partition coefficient (Wildman–Crippen LogP) is 21.2. The van der Waals surface area contributed by atoms with E-state index in [4.69, 9.17) is 0 Å². The molecule has 0 aliphatic heterocycles. The van der Waals surface area contributed by atoms with Crippen LogP contribution >= 0.6 is 0 Å². The lowest BCUT2D eigenvalue weighted by molar-refractivity contribution is -0.123. The molecule has 0 saturated heterocycles. The molecule has 0 aromatic heterocycles. The smallest absolute Gasteiger partial charge is 0.220 e. The molecule has 0 heterocycles. The van der Waals surface area contributed by atoms with Crippen molar-refractivity contribution in [2.24, 2.45) is 0 Å². The standard InChI is InChI=1S/C65H125NO3/c1-3-5-7-9-11-13-15-17-19-21-23-25-26-27-28-29-30-31-32-33-34-35-36-37-38-39-40-41-43-45-47-49-51-53-55-57-59-61-65(69)66-63(62-67)64(68)60-58-56-54-52-50-48-46-44-42-24-22-20-18-16-14-12-10-8-6-4-2/h21,23,50,52,58,60,63-64,67-68H,3-20,22,24-49,51,53-57,59,61-62H2,1-2H3,(H,66,69)/b23-21-,52-50+,60-58+. The number of hydrogen-bond acceptors (Lipinski definition) is 3. The van der Waals surface area contributed by atoms with E-state index in [1.54, 1.807) is 6.08 Å². The first kappa shape index (κ1) is 67.6. The number of allylic oxidation sites excluding steroid dienone is 5. The lowest BCUT2D eigenvalue weighted by Gasteiger charge is -2.19. The number of rotatable bonds is 59. The monoisotopic (exact) mass is 968 g/mol. The number of unbranched alkanes of at least 4 members (excludes halogenated alkanes) is 48. The molecule has 4 nitrogen and oxygen atoms in total. The van der Waals surface area contributed by atoms with Crippen LogP contribution in [0.1, 0.15) is 354 Å². The van der Waals surface area contributed by atoms with Gasteiger partial charge in [-0.3, -0.25) is 4.79 Å². The molecule has 1 amide bonds. The Bertz CT molecular complexity index is 1050. The van der Waals surface area contributed by atoms with Gasteiger partial charge in [-0.2, -0.15) is 0 Å². The van der Waals surface area contributed by atoms with Gasteiger partial charge in [-0.05, 0) is 57.8 Å².